The minimum Gasteiger partial charge on any atom is -0.434 e. The van der Waals surface area contributed by atoms with Crippen LogP contribution in [0.3, 0.4) is 0 Å². The van der Waals surface area contributed by atoms with E-state index in [2.05, 4.69) is 134 Å². The van der Waals surface area contributed by atoms with Crippen LogP contribution in [-0.2, 0) is 0 Å². The maximum absolute atomic E-state index is 5.97. The van der Waals surface area contributed by atoms with Crippen molar-refractivity contribution in [1.82, 2.24) is 19.1 Å². The fourth-order valence-electron chi connectivity index (χ4n) is 6.22. The van der Waals surface area contributed by atoms with Crippen molar-refractivity contribution in [2.75, 3.05) is 0 Å². The van der Waals surface area contributed by atoms with Crippen molar-refractivity contribution in [1.29, 1.82) is 0 Å². The zero-order valence-corrected chi connectivity index (χ0v) is 21.9. The molecule has 0 saturated carbocycles. The summed E-state index contributed by atoms with van der Waals surface area (Å²) in [5.74, 6) is 0.595. The van der Waals surface area contributed by atoms with Gasteiger partial charge in [-0.1, -0.05) is 54.6 Å². The van der Waals surface area contributed by atoms with E-state index in [1.807, 2.05) is 6.07 Å². The number of benzene rings is 5. The summed E-state index contributed by atoms with van der Waals surface area (Å²) < 4.78 is 10.7. The summed E-state index contributed by atoms with van der Waals surface area (Å²) >= 11 is 0. The van der Waals surface area contributed by atoms with Gasteiger partial charge in [-0.05, 0) is 66.7 Å². The van der Waals surface area contributed by atoms with Gasteiger partial charge < -0.3 is 13.6 Å². The maximum atomic E-state index is 5.97. The molecule has 0 fully saturated rings. The van der Waals surface area contributed by atoms with E-state index < -0.39 is 0 Å². The molecule has 0 bridgehead atoms. The lowest BCUT2D eigenvalue weighted by atomic mass is 10.1. The number of hydrogen-bond donors (Lipinski definition) is 0. The molecule has 0 aliphatic carbocycles. The van der Waals surface area contributed by atoms with Gasteiger partial charge in [-0.2, -0.15) is 0 Å². The second kappa shape index (κ2) is 8.41. The molecule has 0 radical (unpaired) electrons. The third-order valence-corrected chi connectivity index (χ3v) is 8.04. The lowest BCUT2D eigenvalue weighted by molar-refractivity contribution is 0.618. The number of fused-ring (bicyclic) bond motifs is 7. The van der Waals surface area contributed by atoms with Crippen LogP contribution in [0.4, 0.5) is 0 Å². The summed E-state index contributed by atoms with van der Waals surface area (Å²) in [6, 6.07) is 43.0. The molecule has 4 heterocycles. The molecule has 9 aromatic rings. The van der Waals surface area contributed by atoms with Crippen LogP contribution in [0.5, 0.6) is 0 Å². The largest absolute Gasteiger partial charge is 0.434 e. The van der Waals surface area contributed by atoms with Crippen LogP contribution >= 0.6 is 0 Å². The van der Waals surface area contributed by atoms with Gasteiger partial charge in [0, 0.05) is 44.7 Å². The van der Waals surface area contributed by atoms with Gasteiger partial charge in [0.05, 0.1) is 28.3 Å². The van der Waals surface area contributed by atoms with E-state index in [1.54, 1.807) is 12.4 Å². The molecule has 0 aliphatic rings. The molecule has 9 rings (SSSR count). The third kappa shape index (κ3) is 3.23. The van der Waals surface area contributed by atoms with E-state index >= 15 is 0 Å². The molecule has 4 aromatic heterocycles. The fraction of sp³-hybridized carbons (Fsp3) is 0. The van der Waals surface area contributed by atoms with Gasteiger partial charge in [0.25, 0.3) is 0 Å². The minimum atomic E-state index is 0.595. The summed E-state index contributed by atoms with van der Waals surface area (Å²) in [6.07, 6.45) is 3.43. The molecule has 0 amide bonds. The molecule has 5 heteroatoms. The molecule has 0 saturated heterocycles. The molecule has 0 N–H and O–H groups in total. The van der Waals surface area contributed by atoms with Crippen LogP contribution < -0.4 is 0 Å². The fourth-order valence-corrected chi connectivity index (χ4v) is 6.22. The molecular weight excluding hydrogens is 504 g/mol. The van der Waals surface area contributed by atoms with E-state index in [0.717, 1.165) is 22.5 Å². The number of oxazole rings is 1. The van der Waals surface area contributed by atoms with Crippen molar-refractivity contribution in [2.45, 2.75) is 0 Å². The Hall–Kier alpha value is -5.68. The SMILES string of the molecule is c1ccc(-n2c3ccccc3c3cc4c(cc32)c2ccccc2n4-c2ccc(-c3nc4ccncc4o3)cc2)cc1. The number of rotatable bonds is 3. The second-order valence-electron chi connectivity index (χ2n) is 10.3. The van der Waals surface area contributed by atoms with Gasteiger partial charge in [-0.15, -0.1) is 0 Å². The first-order chi connectivity index (χ1) is 20.3. The highest BCUT2D eigenvalue weighted by Gasteiger charge is 2.18. The first-order valence-corrected chi connectivity index (χ1v) is 13.7. The van der Waals surface area contributed by atoms with Crippen molar-refractivity contribution in [2.24, 2.45) is 0 Å². The van der Waals surface area contributed by atoms with Crippen LogP contribution in [0.2, 0.25) is 0 Å². The lowest BCUT2D eigenvalue weighted by Gasteiger charge is -2.09. The monoisotopic (exact) mass is 526 g/mol. The molecule has 0 unspecified atom stereocenters. The van der Waals surface area contributed by atoms with Crippen LogP contribution in [0.25, 0.3) is 77.5 Å². The summed E-state index contributed by atoms with van der Waals surface area (Å²) in [5, 5.41) is 4.93. The lowest BCUT2D eigenvalue weighted by Crippen LogP contribution is -1.94. The normalized spacial score (nSPS) is 11.9. The van der Waals surface area contributed by atoms with Crippen LogP contribution in [-0.4, -0.2) is 19.1 Å². The predicted octanol–water partition coefficient (Wildman–Crippen LogP) is 9.08. The molecule has 41 heavy (non-hydrogen) atoms. The molecule has 192 valence electrons. The van der Waals surface area contributed by atoms with E-state index in [0.29, 0.717) is 11.5 Å². The average molecular weight is 527 g/mol. The highest BCUT2D eigenvalue weighted by molar-refractivity contribution is 6.19. The van der Waals surface area contributed by atoms with Crippen molar-refractivity contribution in [3.63, 3.8) is 0 Å². The van der Waals surface area contributed by atoms with E-state index in [4.69, 9.17) is 4.42 Å². The Balaban J connectivity index is 1.30. The van der Waals surface area contributed by atoms with Gasteiger partial charge in [-0.25, -0.2) is 4.98 Å². The van der Waals surface area contributed by atoms with Crippen molar-refractivity contribution >= 4 is 54.7 Å². The zero-order valence-electron chi connectivity index (χ0n) is 21.9. The van der Waals surface area contributed by atoms with Crippen molar-refractivity contribution < 1.29 is 4.42 Å². The Kier molecular flexibility index (Phi) is 4.55. The van der Waals surface area contributed by atoms with Crippen molar-refractivity contribution in [3.05, 3.63) is 134 Å². The Labute approximate surface area is 234 Å². The summed E-state index contributed by atoms with van der Waals surface area (Å²) in [5.41, 5.74) is 9.42. The molecule has 0 aliphatic heterocycles. The number of para-hydroxylation sites is 3. The Bertz CT molecular complexity index is 2380. The van der Waals surface area contributed by atoms with E-state index in [-0.39, 0.29) is 0 Å². The smallest absolute Gasteiger partial charge is 0.227 e. The highest BCUT2D eigenvalue weighted by atomic mass is 16.3. The third-order valence-electron chi connectivity index (χ3n) is 8.04. The number of pyridine rings is 1. The van der Waals surface area contributed by atoms with Crippen molar-refractivity contribution in [3.8, 4) is 22.8 Å². The Morgan fingerprint density at radius 3 is 1.73 bits per heavy atom. The molecule has 5 aromatic carbocycles. The average Bonchev–Trinajstić information content (AvgIpc) is 3.71. The maximum Gasteiger partial charge on any atom is 0.227 e. The topological polar surface area (TPSA) is 48.8 Å². The van der Waals surface area contributed by atoms with Gasteiger partial charge in [-0.3, -0.25) is 4.98 Å². The zero-order chi connectivity index (χ0) is 26.9. The first-order valence-electron chi connectivity index (χ1n) is 13.7. The quantitative estimate of drug-likeness (QED) is 0.231. The molecule has 0 spiro atoms. The second-order valence-corrected chi connectivity index (χ2v) is 10.3. The Morgan fingerprint density at radius 1 is 0.512 bits per heavy atom. The first kappa shape index (κ1) is 22.2. The van der Waals surface area contributed by atoms with Gasteiger partial charge in [0.15, 0.2) is 5.58 Å². The summed E-state index contributed by atoms with van der Waals surface area (Å²) in [4.78, 5) is 8.80. The van der Waals surface area contributed by atoms with Gasteiger partial charge in [0.1, 0.15) is 5.52 Å². The molecular formula is C36H22N4O. The number of nitrogens with zero attached hydrogens (tertiary/aromatic N) is 4. The summed E-state index contributed by atoms with van der Waals surface area (Å²) in [7, 11) is 0. The van der Waals surface area contributed by atoms with E-state index in [9.17, 15) is 0 Å². The Morgan fingerprint density at radius 2 is 1.10 bits per heavy atom. The predicted molar refractivity (Wildman–Crippen MR) is 166 cm³/mol. The van der Waals surface area contributed by atoms with E-state index in [1.165, 1.54) is 43.6 Å². The van der Waals surface area contributed by atoms with Gasteiger partial charge >= 0.3 is 0 Å². The number of hydrogen-bond acceptors (Lipinski definition) is 3. The minimum absolute atomic E-state index is 0.595. The van der Waals surface area contributed by atoms with Crippen LogP contribution in [0.15, 0.2) is 138 Å². The van der Waals surface area contributed by atoms with Crippen LogP contribution in [0.1, 0.15) is 0 Å². The molecule has 5 nitrogen and oxygen atoms in total. The summed E-state index contributed by atoms with van der Waals surface area (Å²) in [6.45, 7) is 0. The number of aromatic nitrogens is 4. The standard InChI is InChI=1S/C36H22N4O/c1-2-8-24(9-3-1)39-31-12-6-4-10-26(31)28-21-34-29(20-33(28)39)27-11-5-7-13-32(27)40(34)25-16-14-23(15-17-25)36-38-30-18-19-37-22-35(30)41-36/h1-22H. The highest BCUT2D eigenvalue weighted by Crippen LogP contribution is 2.39. The van der Waals surface area contributed by atoms with Gasteiger partial charge in [0.2, 0.25) is 5.89 Å². The van der Waals surface area contributed by atoms with Crippen LogP contribution in [0, 0.1) is 0 Å². The molecule has 0 atom stereocenters.